The summed E-state index contributed by atoms with van der Waals surface area (Å²) in [5.41, 5.74) is 1.10. The second-order valence-corrected chi connectivity index (χ2v) is 5.23. The van der Waals surface area contributed by atoms with Crippen LogP contribution in [0, 0.1) is 0 Å². The first-order valence-corrected chi connectivity index (χ1v) is 7.31. The van der Waals surface area contributed by atoms with E-state index in [2.05, 4.69) is 25.4 Å². The van der Waals surface area contributed by atoms with Gasteiger partial charge in [0.15, 0.2) is 5.69 Å². The van der Waals surface area contributed by atoms with Gasteiger partial charge in [0.2, 0.25) is 5.91 Å². The van der Waals surface area contributed by atoms with Gasteiger partial charge >= 0.3 is 5.97 Å². The van der Waals surface area contributed by atoms with Crippen LogP contribution < -0.4 is 0 Å². The van der Waals surface area contributed by atoms with Gasteiger partial charge in [-0.2, -0.15) is 5.10 Å². The van der Waals surface area contributed by atoms with E-state index in [0.29, 0.717) is 32.6 Å². The minimum atomic E-state index is -0.470. The Morgan fingerprint density at radius 1 is 1.35 bits per heavy atom. The van der Waals surface area contributed by atoms with Gasteiger partial charge in [0.25, 0.3) is 0 Å². The molecule has 3 rings (SSSR count). The van der Waals surface area contributed by atoms with Crippen LogP contribution in [0.2, 0.25) is 0 Å². The molecule has 0 aliphatic carbocycles. The van der Waals surface area contributed by atoms with Gasteiger partial charge in [0.05, 0.1) is 25.9 Å². The molecule has 0 saturated heterocycles. The first-order valence-electron chi connectivity index (χ1n) is 7.31. The minimum Gasteiger partial charge on any atom is -0.464 e. The molecule has 0 fully saturated rings. The number of rotatable bonds is 4. The quantitative estimate of drug-likeness (QED) is 0.698. The van der Waals surface area contributed by atoms with E-state index in [9.17, 15) is 9.59 Å². The summed E-state index contributed by atoms with van der Waals surface area (Å²) in [6.45, 7) is 2.20. The highest BCUT2D eigenvalue weighted by molar-refractivity contribution is 5.87. The molecular weight excluding hydrogens is 302 g/mol. The number of aryl methyl sites for hydroxylation is 2. The van der Waals surface area contributed by atoms with E-state index in [-0.39, 0.29) is 11.6 Å². The molecule has 1 aliphatic rings. The third-order valence-corrected chi connectivity index (χ3v) is 3.71. The predicted octanol–water partition coefficient (Wildman–Crippen LogP) is -0.521. The van der Waals surface area contributed by atoms with Gasteiger partial charge in [0, 0.05) is 19.5 Å². The second-order valence-electron chi connectivity index (χ2n) is 5.23. The van der Waals surface area contributed by atoms with Crippen LogP contribution in [0.3, 0.4) is 0 Å². The molecule has 10 heteroatoms. The zero-order chi connectivity index (χ0) is 16.2. The molecule has 0 aromatic carbocycles. The van der Waals surface area contributed by atoms with Crippen LogP contribution in [0.4, 0.5) is 0 Å². The fourth-order valence-corrected chi connectivity index (χ4v) is 2.53. The number of hydrogen-bond acceptors (Lipinski definition) is 7. The van der Waals surface area contributed by atoms with Crippen molar-refractivity contribution in [3.8, 4) is 0 Å². The highest BCUT2D eigenvalue weighted by atomic mass is 16.5. The lowest BCUT2D eigenvalue weighted by molar-refractivity contribution is -0.132. The summed E-state index contributed by atoms with van der Waals surface area (Å²) in [5.74, 6) is -0.447. The molecule has 0 unspecified atom stereocenters. The fraction of sp³-hybridized carbons (Fsp3) is 0.538. The van der Waals surface area contributed by atoms with Crippen LogP contribution in [0.15, 0.2) is 12.4 Å². The van der Waals surface area contributed by atoms with Crippen LogP contribution >= 0.6 is 0 Å². The Labute approximate surface area is 132 Å². The number of ether oxygens (including phenoxy) is 1. The maximum absolute atomic E-state index is 12.4. The Morgan fingerprint density at radius 3 is 2.96 bits per heavy atom. The Morgan fingerprint density at radius 2 is 2.22 bits per heavy atom. The van der Waals surface area contributed by atoms with E-state index in [0.717, 1.165) is 12.1 Å². The van der Waals surface area contributed by atoms with Gasteiger partial charge in [-0.15, -0.1) is 5.10 Å². The van der Waals surface area contributed by atoms with Crippen molar-refractivity contribution >= 4 is 11.9 Å². The van der Waals surface area contributed by atoms with Crippen LogP contribution in [0.5, 0.6) is 0 Å². The number of aromatic nitrogens is 6. The Kier molecular flexibility index (Phi) is 4.31. The molecule has 0 spiro atoms. The first kappa shape index (κ1) is 15.1. The average molecular weight is 319 g/mol. The number of amides is 1. The zero-order valence-electron chi connectivity index (χ0n) is 12.8. The number of nitrogens with zero attached hydrogens (tertiary/aromatic N) is 7. The van der Waals surface area contributed by atoms with Crippen LogP contribution in [-0.4, -0.2) is 60.4 Å². The molecule has 3 heterocycles. The van der Waals surface area contributed by atoms with Crippen molar-refractivity contribution in [2.75, 3.05) is 13.7 Å². The molecule has 0 radical (unpaired) electrons. The van der Waals surface area contributed by atoms with E-state index in [1.807, 2.05) is 0 Å². The van der Waals surface area contributed by atoms with Crippen molar-refractivity contribution in [3.63, 3.8) is 0 Å². The second kappa shape index (κ2) is 6.55. The number of hydrogen-bond donors (Lipinski definition) is 0. The van der Waals surface area contributed by atoms with Crippen molar-refractivity contribution in [2.45, 2.75) is 32.5 Å². The SMILES string of the molecule is COC(=O)c1cc2n(n1)CCCN(C(=O)CCn1cnnn1)C2. The topological polar surface area (TPSA) is 108 Å². The Hall–Kier alpha value is -2.78. The number of fused-ring (bicyclic) bond motifs is 1. The van der Waals surface area contributed by atoms with Crippen molar-refractivity contribution in [2.24, 2.45) is 0 Å². The maximum atomic E-state index is 12.4. The molecule has 1 aliphatic heterocycles. The third-order valence-electron chi connectivity index (χ3n) is 3.71. The molecule has 23 heavy (non-hydrogen) atoms. The van der Waals surface area contributed by atoms with Crippen LogP contribution in [-0.2, 0) is 29.2 Å². The molecular formula is C13H17N7O3. The molecule has 0 atom stereocenters. The highest BCUT2D eigenvalue weighted by Gasteiger charge is 2.22. The summed E-state index contributed by atoms with van der Waals surface area (Å²) in [6, 6.07) is 1.68. The van der Waals surface area contributed by atoms with Gasteiger partial charge in [-0.25, -0.2) is 9.48 Å². The van der Waals surface area contributed by atoms with E-state index >= 15 is 0 Å². The monoisotopic (exact) mass is 319 g/mol. The van der Waals surface area contributed by atoms with Crippen molar-refractivity contribution in [3.05, 3.63) is 23.8 Å². The van der Waals surface area contributed by atoms with E-state index < -0.39 is 5.97 Å². The van der Waals surface area contributed by atoms with Gasteiger partial charge in [0.1, 0.15) is 6.33 Å². The van der Waals surface area contributed by atoms with Gasteiger partial charge in [-0.1, -0.05) is 0 Å². The first-order chi connectivity index (χ1) is 11.2. The fourth-order valence-electron chi connectivity index (χ4n) is 2.53. The number of carbonyl (C=O) groups excluding carboxylic acids is 2. The summed E-state index contributed by atoms with van der Waals surface area (Å²) in [6.07, 6.45) is 2.59. The standard InChI is InChI=1S/C13H17N7O3/c1-23-13(22)11-7-10-8-18(4-2-5-20(10)15-11)12(21)3-6-19-9-14-16-17-19/h7,9H,2-6,8H2,1H3. The van der Waals surface area contributed by atoms with E-state index in [1.165, 1.54) is 18.1 Å². The lowest BCUT2D eigenvalue weighted by Crippen LogP contribution is -2.31. The predicted molar refractivity (Wildman–Crippen MR) is 76.0 cm³/mol. The molecule has 1 amide bonds. The van der Waals surface area contributed by atoms with Gasteiger partial charge < -0.3 is 9.64 Å². The number of methoxy groups -OCH3 is 1. The summed E-state index contributed by atoms with van der Waals surface area (Å²) < 4.78 is 7.97. The number of carbonyl (C=O) groups is 2. The number of tetrazole rings is 1. The summed E-state index contributed by atoms with van der Waals surface area (Å²) >= 11 is 0. The van der Waals surface area contributed by atoms with E-state index in [4.69, 9.17) is 0 Å². The molecule has 122 valence electrons. The zero-order valence-corrected chi connectivity index (χ0v) is 12.8. The Bertz CT molecular complexity index is 694. The largest absolute Gasteiger partial charge is 0.464 e. The Balaban J connectivity index is 1.66. The summed E-state index contributed by atoms with van der Waals surface area (Å²) in [4.78, 5) is 25.7. The van der Waals surface area contributed by atoms with Crippen LogP contribution in [0.1, 0.15) is 29.0 Å². The summed E-state index contributed by atoms with van der Waals surface area (Å²) in [7, 11) is 1.32. The van der Waals surface area contributed by atoms with E-state index in [1.54, 1.807) is 15.6 Å². The third kappa shape index (κ3) is 3.35. The minimum absolute atomic E-state index is 0.0229. The van der Waals surface area contributed by atoms with Crippen molar-refractivity contribution in [1.29, 1.82) is 0 Å². The molecule has 2 aromatic heterocycles. The summed E-state index contributed by atoms with van der Waals surface area (Å²) in [5, 5.41) is 15.0. The highest BCUT2D eigenvalue weighted by Crippen LogP contribution is 2.15. The molecule has 2 aromatic rings. The normalized spacial score (nSPS) is 14.2. The average Bonchev–Trinajstić information content (AvgIpc) is 3.17. The molecule has 0 saturated carbocycles. The van der Waals surface area contributed by atoms with Crippen molar-refractivity contribution < 1.29 is 14.3 Å². The molecule has 0 bridgehead atoms. The van der Waals surface area contributed by atoms with Gasteiger partial charge in [-0.3, -0.25) is 9.48 Å². The number of esters is 1. The van der Waals surface area contributed by atoms with Crippen LogP contribution in [0.25, 0.3) is 0 Å². The molecule has 10 nitrogen and oxygen atoms in total. The molecule has 0 N–H and O–H groups in total. The smallest absolute Gasteiger partial charge is 0.358 e. The van der Waals surface area contributed by atoms with Gasteiger partial charge in [-0.05, 0) is 22.9 Å². The lowest BCUT2D eigenvalue weighted by atomic mass is 10.3. The maximum Gasteiger partial charge on any atom is 0.358 e. The van der Waals surface area contributed by atoms with Crippen molar-refractivity contribution in [1.82, 2.24) is 34.9 Å². The lowest BCUT2D eigenvalue weighted by Gasteiger charge is -2.19.